The fraction of sp³-hybridized carbons (Fsp3) is 0.276. The van der Waals surface area contributed by atoms with E-state index < -0.39 is 72.9 Å². The number of hydrogen-bond donors (Lipinski definition) is 1. The quantitative estimate of drug-likeness (QED) is 0.154. The van der Waals surface area contributed by atoms with E-state index in [-0.39, 0.29) is 37.9 Å². The minimum atomic E-state index is -3.82. The van der Waals surface area contributed by atoms with E-state index in [9.17, 15) is 5.11 Å². The molecule has 0 atom stereocenters. The number of rotatable bonds is 8. The summed E-state index contributed by atoms with van der Waals surface area (Å²) in [5.74, 6) is -1.40. The second kappa shape index (κ2) is 17.5. The average molecular weight is 1030 g/mol. The fourth-order valence-electron chi connectivity index (χ4n) is 8.03. The van der Waals surface area contributed by atoms with Crippen LogP contribution in [0.3, 0.4) is 0 Å². The first-order valence-corrected chi connectivity index (χ1v) is 20.6. The summed E-state index contributed by atoms with van der Waals surface area (Å²) >= 11 is 0. The second-order valence-corrected chi connectivity index (χ2v) is 17.6. The second-order valence-electron chi connectivity index (χ2n) is 17.6. The Labute approximate surface area is 410 Å². The van der Waals surface area contributed by atoms with Crippen LogP contribution in [-0.2, 0) is 31.9 Å². The third-order valence-corrected chi connectivity index (χ3v) is 11.3. The van der Waals surface area contributed by atoms with Crippen molar-refractivity contribution in [3.05, 3.63) is 167 Å². The Morgan fingerprint density at radius 3 is 1.98 bits per heavy atom. The number of phenols is 1. The Balaban J connectivity index is 0.00000882. The van der Waals surface area contributed by atoms with E-state index in [0.29, 0.717) is 50.4 Å². The van der Waals surface area contributed by atoms with E-state index in [1.54, 1.807) is 0 Å². The van der Waals surface area contributed by atoms with Gasteiger partial charge in [-0.2, -0.15) is 0 Å². The molecule has 8 aromatic rings. The van der Waals surface area contributed by atoms with E-state index in [1.165, 1.54) is 18.3 Å². The molecule has 63 heavy (non-hydrogen) atoms. The number of para-hydroxylation sites is 1. The molecule has 0 fully saturated rings. The molecule has 0 amide bonds. The molecule has 0 saturated heterocycles. The summed E-state index contributed by atoms with van der Waals surface area (Å²) in [6.45, 7) is 5.81. The number of benzene rings is 6. The van der Waals surface area contributed by atoms with E-state index in [1.807, 2.05) is 152 Å². The van der Waals surface area contributed by atoms with Crippen molar-refractivity contribution >= 4 is 11.0 Å². The first kappa shape index (κ1) is 29.7. The number of aromatic nitrogens is 3. The standard InChI is InChI=1S/C58H60N3O.Pt/c1-35(2)47-15-13-16-48(36(3)4)53(47)40-21-25-46(26-22-40)61-52-18-14-17-49(54(52)60-56(61)50-30-37(5)29-38(6)55(50)62)42-31-43(33-45(32-42)58(10,11)12)51-34-41(27-28-59-51)39-19-23-44(24-20-39)57(7,8)9;/h13-30,32-36,62H,1-12H3;/q-1;/i7D3,8D3,9D3,19D,20D,23D,24D,35D,36D;. The van der Waals surface area contributed by atoms with Gasteiger partial charge in [0, 0.05) is 53.7 Å². The maximum atomic E-state index is 11.8. The van der Waals surface area contributed by atoms with Gasteiger partial charge in [-0.15, -0.1) is 29.3 Å². The molecule has 6 aromatic carbocycles. The molecule has 0 aliphatic heterocycles. The van der Waals surface area contributed by atoms with Gasteiger partial charge in [-0.1, -0.05) is 159 Å². The molecule has 4 nitrogen and oxygen atoms in total. The molecule has 0 saturated carbocycles. The Bertz CT molecular complexity index is 3540. The van der Waals surface area contributed by atoms with Gasteiger partial charge in [0.2, 0.25) is 0 Å². The Morgan fingerprint density at radius 1 is 0.698 bits per heavy atom. The van der Waals surface area contributed by atoms with Gasteiger partial charge in [0.1, 0.15) is 11.6 Å². The van der Waals surface area contributed by atoms with Crippen LogP contribution in [0.2, 0.25) is 0 Å². The molecular weight excluding hydrogens is 950 g/mol. The number of nitrogens with zero attached hydrogens (tertiary/aromatic N) is 3. The zero-order valence-electron chi connectivity index (χ0n) is 51.9. The van der Waals surface area contributed by atoms with Crippen LogP contribution in [0.25, 0.3) is 72.7 Å². The van der Waals surface area contributed by atoms with Crippen molar-refractivity contribution in [1.29, 1.82) is 0 Å². The number of pyridine rings is 1. The van der Waals surface area contributed by atoms with Crippen LogP contribution < -0.4 is 0 Å². The molecule has 0 bridgehead atoms. The number of hydrogen-bond acceptors (Lipinski definition) is 3. The molecule has 8 rings (SSSR count). The van der Waals surface area contributed by atoms with Crippen LogP contribution >= 0.6 is 0 Å². The molecule has 5 heteroatoms. The van der Waals surface area contributed by atoms with Gasteiger partial charge in [-0.3, -0.25) is 9.55 Å². The predicted molar refractivity (Wildman–Crippen MR) is 262 cm³/mol. The Morgan fingerprint density at radius 2 is 1.35 bits per heavy atom. The predicted octanol–water partition coefficient (Wildman–Crippen LogP) is 15.7. The van der Waals surface area contributed by atoms with Gasteiger partial charge in [-0.25, -0.2) is 4.98 Å². The molecule has 0 aliphatic carbocycles. The van der Waals surface area contributed by atoms with Crippen molar-refractivity contribution in [2.45, 2.75) is 105 Å². The summed E-state index contributed by atoms with van der Waals surface area (Å²) in [4.78, 5) is 10.0. The minimum absolute atomic E-state index is 0. The molecule has 2 heterocycles. The van der Waals surface area contributed by atoms with Crippen LogP contribution in [0, 0.1) is 19.9 Å². The summed E-state index contributed by atoms with van der Waals surface area (Å²) in [5.41, 5.74) is 4.57. The van der Waals surface area contributed by atoms with Crippen molar-refractivity contribution in [3.8, 4) is 67.5 Å². The van der Waals surface area contributed by atoms with Crippen molar-refractivity contribution < 1.29 is 46.7 Å². The van der Waals surface area contributed by atoms with Crippen molar-refractivity contribution in [2.24, 2.45) is 0 Å². The molecule has 0 aliphatic rings. The van der Waals surface area contributed by atoms with E-state index in [0.717, 1.165) is 39.1 Å². The van der Waals surface area contributed by atoms with Gasteiger partial charge in [-0.05, 0) is 117 Å². The van der Waals surface area contributed by atoms with Gasteiger partial charge in [0.05, 0.1) is 22.1 Å². The third-order valence-electron chi connectivity index (χ3n) is 11.3. The zero-order valence-corrected chi connectivity index (χ0v) is 39.2. The van der Waals surface area contributed by atoms with Crippen LogP contribution in [0.5, 0.6) is 5.75 Å². The largest absolute Gasteiger partial charge is 0.507 e. The summed E-state index contributed by atoms with van der Waals surface area (Å²) < 4.78 is 130. The average Bonchev–Trinajstić information content (AvgIpc) is 3.84. The summed E-state index contributed by atoms with van der Waals surface area (Å²) in [7, 11) is 0. The van der Waals surface area contributed by atoms with Crippen LogP contribution in [0.4, 0.5) is 0 Å². The van der Waals surface area contributed by atoms with E-state index in [4.69, 9.17) is 25.5 Å². The van der Waals surface area contributed by atoms with Crippen LogP contribution in [0.1, 0.15) is 135 Å². The van der Waals surface area contributed by atoms with E-state index in [2.05, 4.69) is 11.1 Å². The molecule has 1 N–H and O–H groups in total. The molecular formula is C58H60N3OPt-. The monoisotopic (exact) mass is 1020 g/mol. The van der Waals surface area contributed by atoms with Crippen molar-refractivity contribution in [3.63, 3.8) is 0 Å². The smallest absolute Gasteiger partial charge is 0.148 e. The zero-order chi connectivity index (χ0) is 57.1. The van der Waals surface area contributed by atoms with Crippen molar-refractivity contribution in [2.75, 3.05) is 0 Å². The van der Waals surface area contributed by atoms with Gasteiger partial charge in [0.25, 0.3) is 0 Å². The maximum Gasteiger partial charge on any atom is 0.148 e. The molecule has 0 unspecified atom stereocenters. The van der Waals surface area contributed by atoms with Crippen LogP contribution in [0.15, 0.2) is 127 Å². The minimum Gasteiger partial charge on any atom is -0.507 e. The number of aryl methyl sites for hydroxylation is 2. The number of fused-ring (bicyclic) bond motifs is 1. The van der Waals surface area contributed by atoms with Gasteiger partial charge in [0.15, 0.2) is 0 Å². The molecule has 2 aromatic heterocycles. The number of phenolic OH excluding ortho intramolecular Hbond substituents is 1. The summed E-state index contributed by atoms with van der Waals surface area (Å²) in [6, 6.07) is 29.8. The summed E-state index contributed by atoms with van der Waals surface area (Å²) in [6.07, 6.45) is 1.40. The first-order chi connectivity index (χ1) is 35.4. The van der Waals surface area contributed by atoms with E-state index >= 15 is 0 Å². The van der Waals surface area contributed by atoms with Crippen molar-refractivity contribution in [1.82, 2.24) is 14.5 Å². The normalized spacial score (nSPS) is 16.4. The molecule has 0 radical (unpaired) electrons. The molecule has 324 valence electrons. The maximum absolute atomic E-state index is 11.8. The molecule has 0 spiro atoms. The Hall–Kier alpha value is -5.57. The van der Waals surface area contributed by atoms with Gasteiger partial charge < -0.3 is 5.11 Å². The number of imidazole rings is 1. The summed E-state index contributed by atoms with van der Waals surface area (Å²) in [5, 5.41) is 11.8. The third kappa shape index (κ3) is 8.98. The van der Waals surface area contributed by atoms with Crippen LogP contribution in [-0.4, -0.2) is 19.6 Å². The topological polar surface area (TPSA) is 50.9 Å². The Kier molecular flexibility index (Phi) is 8.28. The fourth-order valence-corrected chi connectivity index (χ4v) is 8.03. The number of aromatic hydroxyl groups is 1. The van der Waals surface area contributed by atoms with Gasteiger partial charge >= 0.3 is 0 Å². The SMILES string of the molecule is [2H]c1c([2H])c(C(C([2H])([2H])[2H])(C([2H])([2H])[2H])C([2H])([2H])[2H])c([2H])c([2H])c1-c1ccnc(-c2[c-]c(-c3cccc4c3nc(-c3cc(C)cc(C)c3O)n4-c3ccc(-c4c(C([2H])(C)C)cccc4C([2H])(C)C)cc3)cc(C(C)(C)C)c2)c1.[Pt]. The first-order valence-electron chi connectivity index (χ1n) is 28.1.